The van der Waals surface area contributed by atoms with Gasteiger partial charge in [-0.2, -0.15) is 0 Å². The number of carbonyl (C=O) groups excluding carboxylic acids is 1. The van der Waals surface area contributed by atoms with E-state index in [4.69, 9.17) is 34.8 Å². The molecule has 6 nitrogen and oxygen atoms in total. The first kappa shape index (κ1) is 19.3. The predicted octanol–water partition coefficient (Wildman–Crippen LogP) is 4.44. The van der Waals surface area contributed by atoms with Crippen molar-refractivity contribution in [3.63, 3.8) is 0 Å². The Morgan fingerprint density at radius 2 is 1.84 bits per heavy atom. The average molecular weight is 403 g/mol. The number of nitro benzene ring substituents is 1. The highest BCUT2D eigenvalue weighted by Crippen LogP contribution is 2.32. The lowest BCUT2D eigenvalue weighted by Crippen LogP contribution is -2.49. The van der Waals surface area contributed by atoms with Crippen LogP contribution in [0.5, 0.6) is 0 Å². The topological polar surface area (TPSA) is 84.3 Å². The van der Waals surface area contributed by atoms with Crippen LogP contribution in [0.25, 0.3) is 0 Å². The third kappa shape index (κ3) is 5.49. The summed E-state index contributed by atoms with van der Waals surface area (Å²) in [6, 6.07) is 12.6. The summed E-state index contributed by atoms with van der Waals surface area (Å²) < 4.78 is -1.88. The Balaban J connectivity index is 2.21. The van der Waals surface area contributed by atoms with Crippen LogP contribution >= 0.6 is 34.8 Å². The zero-order chi connectivity index (χ0) is 18.6. The maximum Gasteiger partial charge on any atom is 0.271 e. The van der Waals surface area contributed by atoms with Gasteiger partial charge in [0, 0.05) is 23.4 Å². The zero-order valence-electron chi connectivity index (χ0n) is 13.0. The largest absolute Gasteiger partial charge is 0.362 e. The van der Waals surface area contributed by atoms with Crippen LogP contribution in [0.4, 0.5) is 11.4 Å². The van der Waals surface area contributed by atoms with Crippen molar-refractivity contribution in [2.45, 2.75) is 16.9 Å². The second kappa shape index (κ2) is 7.91. The van der Waals surface area contributed by atoms with Crippen molar-refractivity contribution < 1.29 is 9.72 Å². The van der Waals surface area contributed by atoms with Crippen molar-refractivity contribution in [2.75, 3.05) is 5.32 Å². The van der Waals surface area contributed by atoms with Gasteiger partial charge in [0.05, 0.1) is 4.92 Å². The summed E-state index contributed by atoms with van der Waals surface area (Å²) in [5.41, 5.74) is 1.51. The molecule has 0 bridgehead atoms. The van der Waals surface area contributed by atoms with E-state index in [-0.39, 0.29) is 5.69 Å². The molecule has 0 fully saturated rings. The van der Waals surface area contributed by atoms with Crippen molar-refractivity contribution in [3.8, 4) is 0 Å². The highest BCUT2D eigenvalue weighted by atomic mass is 35.6. The van der Waals surface area contributed by atoms with E-state index < -0.39 is 20.8 Å². The maximum absolute atomic E-state index is 12.4. The van der Waals surface area contributed by atoms with Gasteiger partial charge < -0.3 is 10.6 Å². The molecule has 2 rings (SSSR count). The molecule has 0 aliphatic carbocycles. The normalized spacial score (nSPS) is 12.3. The first-order valence-corrected chi connectivity index (χ1v) is 8.25. The number of nitrogens with zero attached hydrogens (tertiary/aromatic N) is 1. The molecule has 0 aliphatic rings. The minimum absolute atomic E-state index is 0.127. The summed E-state index contributed by atoms with van der Waals surface area (Å²) >= 11 is 17.8. The number of anilines is 1. The van der Waals surface area contributed by atoms with Crippen LogP contribution in [-0.2, 0) is 0 Å². The molecule has 2 aromatic rings. The number of non-ortho nitro benzene ring substituents is 1. The van der Waals surface area contributed by atoms with E-state index in [2.05, 4.69) is 10.6 Å². The van der Waals surface area contributed by atoms with E-state index in [1.807, 2.05) is 13.0 Å². The number of aryl methyl sites for hydroxylation is 1. The highest BCUT2D eigenvalue weighted by Gasteiger charge is 2.34. The number of alkyl halides is 3. The van der Waals surface area contributed by atoms with Crippen molar-refractivity contribution in [3.05, 3.63) is 69.8 Å². The van der Waals surface area contributed by atoms with E-state index in [9.17, 15) is 14.9 Å². The molecule has 25 heavy (non-hydrogen) atoms. The van der Waals surface area contributed by atoms with Crippen LogP contribution in [0.2, 0.25) is 0 Å². The fourth-order valence-corrected chi connectivity index (χ4v) is 2.40. The van der Waals surface area contributed by atoms with Crippen LogP contribution in [0.1, 0.15) is 15.9 Å². The molecule has 0 aromatic heterocycles. The monoisotopic (exact) mass is 401 g/mol. The number of carbonyl (C=O) groups is 1. The van der Waals surface area contributed by atoms with E-state index in [0.717, 1.165) is 5.56 Å². The van der Waals surface area contributed by atoms with E-state index >= 15 is 0 Å². The second-order valence-corrected chi connectivity index (χ2v) is 7.64. The fourth-order valence-electron chi connectivity index (χ4n) is 2.08. The summed E-state index contributed by atoms with van der Waals surface area (Å²) in [6.07, 6.45) is -1.10. The smallest absolute Gasteiger partial charge is 0.271 e. The average Bonchev–Trinajstić information content (AvgIpc) is 2.53. The third-order valence-electron chi connectivity index (χ3n) is 3.25. The van der Waals surface area contributed by atoms with E-state index in [1.165, 1.54) is 18.2 Å². The Labute approximate surface area is 159 Å². The van der Waals surface area contributed by atoms with Gasteiger partial charge in [-0.3, -0.25) is 14.9 Å². The molecule has 1 amide bonds. The lowest BCUT2D eigenvalue weighted by atomic mass is 10.1. The second-order valence-electron chi connectivity index (χ2n) is 5.27. The molecule has 1 atom stereocenters. The first-order valence-electron chi connectivity index (χ1n) is 7.12. The number of nitrogens with one attached hydrogen (secondary N) is 2. The summed E-state index contributed by atoms with van der Waals surface area (Å²) in [4.78, 5) is 22.7. The van der Waals surface area contributed by atoms with Crippen LogP contribution in [0.15, 0.2) is 48.5 Å². The van der Waals surface area contributed by atoms with Gasteiger partial charge in [0.2, 0.25) is 3.79 Å². The van der Waals surface area contributed by atoms with Crippen molar-refractivity contribution in [2.24, 2.45) is 0 Å². The van der Waals surface area contributed by atoms with Gasteiger partial charge in [-0.1, -0.05) is 58.6 Å². The predicted molar refractivity (Wildman–Crippen MR) is 99.4 cm³/mol. The van der Waals surface area contributed by atoms with E-state index in [1.54, 1.807) is 24.3 Å². The number of benzene rings is 2. The maximum atomic E-state index is 12.4. The number of halogens is 3. The molecule has 0 spiro atoms. The standard InChI is InChI=1S/C16H14Cl3N3O3/c1-10-4-2-5-11(8-10)14(23)21-15(16(17,18)19)20-12-6-3-7-13(9-12)22(24)25/h2-9,15,20H,1H3,(H,21,23)/t15-/m1/s1. The van der Waals surface area contributed by atoms with Gasteiger partial charge in [-0.05, 0) is 25.1 Å². The molecule has 0 heterocycles. The summed E-state index contributed by atoms with van der Waals surface area (Å²) in [5, 5.41) is 16.2. The Kier molecular flexibility index (Phi) is 6.11. The van der Waals surface area contributed by atoms with Crippen molar-refractivity contribution in [1.82, 2.24) is 5.32 Å². The van der Waals surface area contributed by atoms with Crippen LogP contribution in [-0.4, -0.2) is 20.8 Å². The third-order valence-corrected chi connectivity index (χ3v) is 3.91. The molecule has 9 heteroatoms. The molecule has 0 unspecified atom stereocenters. The summed E-state index contributed by atoms with van der Waals surface area (Å²) in [5.74, 6) is -0.446. The van der Waals surface area contributed by atoms with Crippen LogP contribution in [0, 0.1) is 17.0 Å². The van der Waals surface area contributed by atoms with Gasteiger partial charge in [-0.25, -0.2) is 0 Å². The molecule has 0 radical (unpaired) electrons. The minimum atomic E-state index is -1.88. The highest BCUT2D eigenvalue weighted by molar-refractivity contribution is 6.68. The molecule has 2 aromatic carbocycles. The minimum Gasteiger partial charge on any atom is -0.362 e. The molecule has 0 saturated heterocycles. The Morgan fingerprint density at radius 1 is 1.16 bits per heavy atom. The Morgan fingerprint density at radius 3 is 2.44 bits per heavy atom. The fraction of sp³-hybridized carbons (Fsp3) is 0.188. The zero-order valence-corrected chi connectivity index (χ0v) is 15.3. The summed E-state index contributed by atoms with van der Waals surface area (Å²) in [7, 11) is 0. The lowest BCUT2D eigenvalue weighted by molar-refractivity contribution is -0.384. The van der Waals surface area contributed by atoms with Crippen LogP contribution in [0.3, 0.4) is 0 Å². The van der Waals surface area contributed by atoms with Crippen molar-refractivity contribution in [1.29, 1.82) is 0 Å². The Hall–Kier alpha value is -2.02. The molecule has 2 N–H and O–H groups in total. The van der Waals surface area contributed by atoms with Crippen LogP contribution < -0.4 is 10.6 Å². The first-order chi connectivity index (χ1) is 11.7. The van der Waals surface area contributed by atoms with Crippen molar-refractivity contribution >= 4 is 52.1 Å². The lowest BCUT2D eigenvalue weighted by Gasteiger charge is -2.27. The number of nitro groups is 1. The van der Waals surface area contributed by atoms with Gasteiger partial charge in [0.1, 0.15) is 6.17 Å². The number of hydrogen-bond acceptors (Lipinski definition) is 4. The summed E-state index contributed by atoms with van der Waals surface area (Å²) in [6.45, 7) is 1.85. The Bertz CT molecular complexity index is 793. The number of hydrogen-bond donors (Lipinski definition) is 2. The number of rotatable bonds is 5. The SMILES string of the molecule is Cc1cccc(C(=O)N[C@@H](Nc2cccc([N+](=O)[O-])c2)C(Cl)(Cl)Cl)c1. The molecule has 0 aliphatic heterocycles. The molecular weight excluding hydrogens is 389 g/mol. The van der Waals surface area contributed by atoms with Gasteiger partial charge in [0.15, 0.2) is 0 Å². The van der Waals surface area contributed by atoms with E-state index in [0.29, 0.717) is 11.3 Å². The quantitative estimate of drug-likeness (QED) is 0.335. The van der Waals surface area contributed by atoms with Gasteiger partial charge in [0.25, 0.3) is 11.6 Å². The van der Waals surface area contributed by atoms with Gasteiger partial charge >= 0.3 is 0 Å². The molecule has 0 saturated carbocycles. The molecule has 132 valence electrons. The number of amides is 1. The molecular formula is C16H14Cl3N3O3. The van der Waals surface area contributed by atoms with Gasteiger partial charge in [-0.15, -0.1) is 0 Å².